The maximum Gasteiger partial charge on any atom is 0.255 e. The summed E-state index contributed by atoms with van der Waals surface area (Å²) in [5.74, 6) is 1.41. The van der Waals surface area contributed by atoms with E-state index in [9.17, 15) is 4.79 Å². The number of carbonyl (C=O) groups excluding carboxylic acids is 1. The second kappa shape index (κ2) is 7.19. The van der Waals surface area contributed by atoms with E-state index in [1.54, 1.807) is 6.07 Å². The van der Waals surface area contributed by atoms with E-state index in [0.717, 1.165) is 11.1 Å². The van der Waals surface area contributed by atoms with Crippen LogP contribution in [0.4, 0.5) is 11.6 Å². The minimum atomic E-state index is -0.338. The Morgan fingerprint density at radius 3 is 2.67 bits per heavy atom. The first-order valence-electron chi connectivity index (χ1n) is 8.67. The van der Waals surface area contributed by atoms with Crippen molar-refractivity contribution in [2.75, 3.05) is 18.1 Å². The van der Waals surface area contributed by atoms with Gasteiger partial charge in [-0.15, -0.1) is 0 Å². The van der Waals surface area contributed by atoms with Crippen LogP contribution in [0.5, 0.6) is 5.75 Å². The lowest BCUT2D eigenvalue weighted by Gasteiger charge is -2.18. The Bertz CT molecular complexity index is 973. The predicted molar refractivity (Wildman–Crippen MR) is 105 cm³/mol. The summed E-state index contributed by atoms with van der Waals surface area (Å²) in [5, 5.41) is 3.71. The first kappa shape index (κ1) is 18.6. The fourth-order valence-corrected chi connectivity index (χ4v) is 2.49. The second-order valence-corrected chi connectivity index (χ2v) is 7.61. The molecule has 0 fully saturated rings. The van der Waals surface area contributed by atoms with Crippen LogP contribution < -0.4 is 21.5 Å². The van der Waals surface area contributed by atoms with Crippen LogP contribution in [0, 0.1) is 5.41 Å². The average molecular weight is 368 g/mol. The zero-order chi connectivity index (χ0) is 19.6. The van der Waals surface area contributed by atoms with E-state index in [0.29, 0.717) is 18.0 Å². The molecule has 0 aliphatic carbocycles. The van der Waals surface area contributed by atoms with Gasteiger partial charge < -0.3 is 25.9 Å². The highest BCUT2D eigenvalue weighted by molar-refractivity contribution is 5.98. The molecule has 0 bridgehead atoms. The maximum absolute atomic E-state index is 12.3. The minimum absolute atomic E-state index is 0.0758. The summed E-state index contributed by atoms with van der Waals surface area (Å²) in [6.07, 6.45) is 0. The Morgan fingerprint density at radius 1 is 1.19 bits per heavy atom. The number of benzene rings is 1. The van der Waals surface area contributed by atoms with Gasteiger partial charge in [-0.2, -0.15) is 0 Å². The second-order valence-electron chi connectivity index (χ2n) is 7.61. The Hall–Kier alpha value is -3.22. The average Bonchev–Trinajstić information content (AvgIpc) is 2.99. The van der Waals surface area contributed by atoms with Crippen molar-refractivity contribution in [2.45, 2.75) is 27.3 Å². The van der Waals surface area contributed by atoms with Gasteiger partial charge in [0.2, 0.25) is 0 Å². The largest absolute Gasteiger partial charge is 0.493 e. The number of carbonyl (C=O) groups is 1. The molecule has 3 aromatic rings. The number of aromatic nitrogens is 1. The molecular formula is C20H24N4O3. The van der Waals surface area contributed by atoms with Crippen LogP contribution in [-0.4, -0.2) is 17.5 Å². The van der Waals surface area contributed by atoms with E-state index < -0.39 is 0 Å². The number of anilines is 2. The van der Waals surface area contributed by atoms with Gasteiger partial charge in [0, 0.05) is 11.5 Å². The number of pyridine rings is 1. The smallest absolute Gasteiger partial charge is 0.255 e. The van der Waals surface area contributed by atoms with Crippen molar-refractivity contribution >= 4 is 28.5 Å². The molecule has 27 heavy (non-hydrogen) atoms. The fraction of sp³-hybridized carbons (Fsp3) is 0.300. The van der Waals surface area contributed by atoms with Crippen LogP contribution >= 0.6 is 0 Å². The summed E-state index contributed by atoms with van der Waals surface area (Å²) < 4.78 is 11.6. The van der Waals surface area contributed by atoms with Crippen LogP contribution in [-0.2, 0) is 6.54 Å². The number of hydrogen-bond donors (Lipinski definition) is 3. The summed E-state index contributed by atoms with van der Waals surface area (Å²) in [6, 6.07) is 10.7. The first-order valence-corrected chi connectivity index (χ1v) is 8.67. The number of ether oxygens (including phenoxy) is 1. The van der Waals surface area contributed by atoms with Crippen molar-refractivity contribution in [2.24, 2.45) is 5.41 Å². The number of nitrogen functional groups attached to an aromatic ring is 2. The monoisotopic (exact) mass is 368 g/mol. The van der Waals surface area contributed by atoms with Crippen molar-refractivity contribution in [1.82, 2.24) is 10.3 Å². The van der Waals surface area contributed by atoms with Gasteiger partial charge in [-0.25, -0.2) is 4.98 Å². The third-order valence-corrected chi connectivity index (χ3v) is 3.83. The van der Waals surface area contributed by atoms with Crippen molar-refractivity contribution in [1.29, 1.82) is 0 Å². The zero-order valence-corrected chi connectivity index (χ0v) is 15.7. The first-order chi connectivity index (χ1) is 12.7. The van der Waals surface area contributed by atoms with Crippen LogP contribution in [0.3, 0.4) is 0 Å². The van der Waals surface area contributed by atoms with E-state index in [-0.39, 0.29) is 35.1 Å². The molecule has 7 nitrogen and oxygen atoms in total. The number of rotatable bonds is 5. The highest BCUT2D eigenvalue weighted by Gasteiger charge is 2.14. The molecule has 7 heteroatoms. The Kier molecular flexibility index (Phi) is 4.94. The number of fused-ring (bicyclic) bond motifs is 1. The highest BCUT2D eigenvalue weighted by Crippen LogP contribution is 2.26. The molecule has 0 aliphatic heterocycles. The van der Waals surface area contributed by atoms with Crippen molar-refractivity contribution in [3.8, 4) is 5.75 Å². The molecule has 3 rings (SSSR count). The number of amides is 1. The van der Waals surface area contributed by atoms with Crippen molar-refractivity contribution in [3.63, 3.8) is 0 Å². The third-order valence-electron chi connectivity index (χ3n) is 3.83. The SMILES string of the molecule is CC(C)(C)COc1ccc2cc(CNC(=O)c3ccc(N)nc3N)oc2c1. The lowest BCUT2D eigenvalue weighted by Crippen LogP contribution is -2.24. The quantitative estimate of drug-likeness (QED) is 0.636. The van der Waals surface area contributed by atoms with E-state index in [1.807, 2.05) is 24.3 Å². The molecule has 1 amide bonds. The Labute approximate surface area is 157 Å². The summed E-state index contributed by atoms with van der Waals surface area (Å²) in [5.41, 5.74) is 12.3. The van der Waals surface area contributed by atoms with Gasteiger partial charge in [0.05, 0.1) is 18.7 Å². The number of furan rings is 1. The van der Waals surface area contributed by atoms with Gasteiger partial charge >= 0.3 is 0 Å². The summed E-state index contributed by atoms with van der Waals surface area (Å²) in [6.45, 7) is 7.18. The summed E-state index contributed by atoms with van der Waals surface area (Å²) in [4.78, 5) is 16.2. The lowest BCUT2D eigenvalue weighted by atomic mass is 9.99. The van der Waals surface area contributed by atoms with Crippen LogP contribution in [0.15, 0.2) is 40.8 Å². The van der Waals surface area contributed by atoms with Crippen LogP contribution in [0.25, 0.3) is 11.0 Å². The zero-order valence-electron chi connectivity index (χ0n) is 15.7. The normalized spacial score (nSPS) is 11.5. The fourth-order valence-electron chi connectivity index (χ4n) is 2.49. The molecule has 0 radical (unpaired) electrons. The van der Waals surface area contributed by atoms with Crippen molar-refractivity contribution in [3.05, 3.63) is 47.7 Å². The molecule has 0 saturated heterocycles. The third kappa shape index (κ3) is 4.69. The van der Waals surface area contributed by atoms with E-state index in [2.05, 4.69) is 31.1 Å². The van der Waals surface area contributed by atoms with Crippen molar-refractivity contribution < 1.29 is 13.9 Å². The van der Waals surface area contributed by atoms with E-state index in [1.165, 1.54) is 6.07 Å². The molecule has 0 unspecified atom stereocenters. The van der Waals surface area contributed by atoms with Gasteiger partial charge in [0.15, 0.2) is 0 Å². The van der Waals surface area contributed by atoms with Gasteiger partial charge in [0.25, 0.3) is 5.91 Å². The van der Waals surface area contributed by atoms with Gasteiger partial charge in [-0.1, -0.05) is 20.8 Å². The molecule has 2 aromatic heterocycles. The molecule has 0 aliphatic rings. The molecule has 0 atom stereocenters. The van der Waals surface area contributed by atoms with E-state index in [4.69, 9.17) is 20.6 Å². The number of nitrogens with two attached hydrogens (primary N) is 2. The Balaban J connectivity index is 1.67. The lowest BCUT2D eigenvalue weighted by molar-refractivity contribution is 0.0949. The summed E-state index contributed by atoms with van der Waals surface area (Å²) >= 11 is 0. The topological polar surface area (TPSA) is 116 Å². The summed E-state index contributed by atoms with van der Waals surface area (Å²) in [7, 11) is 0. The molecule has 142 valence electrons. The van der Waals surface area contributed by atoms with Gasteiger partial charge in [-0.3, -0.25) is 4.79 Å². The molecule has 5 N–H and O–H groups in total. The molecular weight excluding hydrogens is 344 g/mol. The number of nitrogens with zero attached hydrogens (tertiary/aromatic N) is 1. The van der Waals surface area contributed by atoms with Crippen LogP contribution in [0.1, 0.15) is 36.9 Å². The molecule has 0 spiro atoms. The van der Waals surface area contributed by atoms with Gasteiger partial charge in [0.1, 0.15) is 28.7 Å². The molecule has 0 saturated carbocycles. The van der Waals surface area contributed by atoms with Crippen LogP contribution in [0.2, 0.25) is 0 Å². The van der Waals surface area contributed by atoms with Gasteiger partial charge in [-0.05, 0) is 35.7 Å². The predicted octanol–water partition coefficient (Wildman–Crippen LogP) is 3.35. The molecule has 2 heterocycles. The minimum Gasteiger partial charge on any atom is -0.493 e. The highest BCUT2D eigenvalue weighted by atomic mass is 16.5. The standard InChI is InChI=1S/C20H24N4O3/c1-20(2,3)11-26-13-5-4-12-8-14(27-16(12)9-13)10-23-19(25)15-6-7-17(21)24-18(15)22/h4-9H,10-11H2,1-3H3,(H,23,25)(H4,21,22,24). The number of nitrogens with one attached hydrogen (secondary N) is 1. The van der Waals surface area contributed by atoms with E-state index >= 15 is 0 Å². The Morgan fingerprint density at radius 2 is 1.96 bits per heavy atom. The molecule has 1 aromatic carbocycles. The maximum atomic E-state index is 12.3. The number of hydrogen-bond acceptors (Lipinski definition) is 6.